The lowest BCUT2D eigenvalue weighted by Crippen LogP contribution is -2.34. The number of nitrogens with one attached hydrogen (secondary N) is 1. The Hall–Kier alpha value is -2.88. The fourth-order valence-electron chi connectivity index (χ4n) is 3.29. The molecule has 3 aromatic rings. The van der Waals surface area contributed by atoms with E-state index in [1.807, 2.05) is 30.3 Å². The van der Waals surface area contributed by atoms with Crippen LogP contribution >= 0.6 is 0 Å². The van der Waals surface area contributed by atoms with Crippen molar-refractivity contribution < 1.29 is 22.4 Å². The third-order valence-corrected chi connectivity index (χ3v) is 6.87. The Morgan fingerprint density at radius 2 is 1.76 bits per heavy atom. The van der Waals surface area contributed by atoms with Gasteiger partial charge in [-0.1, -0.05) is 35.5 Å². The number of aromatic nitrogens is 1. The molecule has 0 aliphatic carbocycles. The molecule has 9 heteroatoms. The fraction of sp³-hybridized carbons (Fsp3) is 0.375. The number of methoxy groups -OCH3 is 1. The van der Waals surface area contributed by atoms with Gasteiger partial charge in [-0.15, -0.1) is 0 Å². The van der Waals surface area contributed by atoms with Gasteiger partial charge in [0.25, 0.3) is 10.0 Å². The van der Waals surface area contributed by atoms with Gasteiger partial charge < -0.3 is 19.3 Å². The van der Waals surface area contributed by atoms with Crippen LogP contribution in [0.3, 0.4) is 0 Å². The monoisotopic (exact) mass is 473 g/mol. The SMILES string of the molecule is COCCOCN(c1onc(C)c1C)S(=O)(=O)c1ccccc1-c1ccc(NC(C)C)cc1. The predicted molar refractivity (Wildman–Crippen MR) is 129 cm³/mol. The fourth-order valence-corrected chi connectivity index (χ4v) is 4.84. The maximum Gasteiger partial charge on any atom is 0.269 e. The van der Waals surface area contributed by atoms with Gasteiger partial charge in [0.05, 0.1) is 23.8 Å². The van der Waals surface area contributed by atoms with Crippen LogP contribution < -0.4 is 9.62 Å². The van der Waals surface area contributed by atoms with Crippen molar-refractivity contribution in [1.82, 2.24) is 5.16 Å². The second kappa shape index (κ2) is 10.8. The van der Waals surface area contributed by atoms with Crippen LogP contribution in [-0.2, 0) is 19.5 Å². The smallest absolute Gasteiger partial charge is 0.269 e. The Bertz CT molecular complexity index is 1160. The number of sulfonamides is 1. The van der Waals surface area contributed by atoms with Crippen LogP contribution in [0.5, 0.6) is 0 Å². The Morgan fingerprint density at radius 1 is 1.06 bits per heavy atom. The quantitative estimate of drug-likeness (QED) is 0.321. The molecule has 0 aliphatic heterocycles. The summed E-state index contributed by atoms with van der Waals surface area (Å²) in [5.41, 5.74) is 3.59. The summed E-state index contributed by atoms with van der Waals surface area (Å²) < 4.78 is 44.9. The van der Waals surface area contributed by atoms with Crippen LogP contribution in [0, 0.1) is 13.8 Å². The molecule has 0 saturated carbocycles. The normalized spacial score (nSPS) is 11.7. The lowest BCUT2D eigenvalue weighted by Gasteiger charge is -2.23. The lowest BCUT2D eigenvalue weighted by molar-refractivity contribution is 0.0744. The second-order valence-corrected chi connectivity index (χ2v) is 9.79. The summed E-state index contributed by atoms with van der Waals surface area (Å²) in [4.78, 5) is 0.151. The van der Waals surface area contributed by atoms with Gasteiger partial charge in [-0.2, -0.15) is 0 Å². The van der Waals surface area contributed by atoms with Crippen molar-refractivity contribution in [3.8, 4) is 11.1 Å². The molecule has 1 heterocycles. The highest BCUT2D eigenvalue weighted by Crippen LogP contribution is 2.34. The van der Waals surface area contributed by atoms with Crippen LogP contribution in [0.25, 0.3) is 11.1 Å². The average Bonchev–Trinajstić information content (AvgIpc) is 3.12. The summed E-state index contributed by atoms with van der Waals surface area (Å²) in [5.74, 6) is 0.135. The van der Waals surface area contributed by atoms with Crippen LogP contribution in [0.4, 0.5) is 11.6 Å². The van der Waals surface area contributed by atoms with E-state index in [0.29, 0.717) is 29.5 Å². The van der Waals surface area contributed by atoms with Crippen molar-refractivity contribution in [2.45, 2.75) is 38.6 Å². The summed E-state index contributed by atoms with van der Waals surface area (Å²) in [5, 5.41) is 7.27. The first-order chi connectivity index (χ1) is 15.8. The molecule has 1 N–H and O–H groups in total. The van der Waals surface area contributed by atoms with Gasteiger partial charge in [0.1, 0.15) is 6.73 Å². The van der Waals surface area contributed by atoms with Crippen molar-refractivity contribution in [3.05, 3.63) is 59.8 Å². The van der Waals surface area contributed by atoms with Gasteiger partial charge in [-0.25, -0.2) is 12.7 Å². The highest BCUT2D eigenvalue weighted by molar-refractivity contribution is 7.93. The first-order valence-electron chi connectivity index (χ1n) is 10.7. The summed E-state index contributed by atoms with van der Waals surface area (Å²) in [6.07, 6.45) is 0. The molecule has 8 nitrogen and oxygen atoms in total. The van der Waals surface area contributed by atoms with Crippen molar-refractivity contribution in [2.75, 3.05) is 36.7 Å². The number of aryl methyl sites for hydroxylation is 1. The molecule has 0 fully saturated rings. The van der Waals surface area contributed by atoms with Gasteiger partial charge in [-0.3, -0.25) is 0 Å². The van der Waals surface area contributed by atoms with E-state index in [2.05, 4.69) is 24.3 Å². The van der Waals surface area contributed by atoms with Gasteiger partial charge in [0.15, 0.2) is 0 Å². The summed E-state index contributed by atoms with van der Waals surface area (Å²) >= 11 is 0. The first-order valence-corrected chi connectivity index (χ1v) is 12.2. The summed E-state index contributed by atoms with van der Waals surface area (Å²) in [6, 6.07) is 14.9. The first kappa shape index (κ1) is 24.8. The Labute approximate surface area is 195 Å². The highest BCUT2D eigenvalue weighted by Gasteiger charge is 2.32. The van der Waals surface area contributed by atoms with Crippen molar-refractivity contribution in [2.24, 2.45) is 0 Å². The van der Waals surface area contributed by atoms with Gasteiger partial charge >= 0.3 is 0 Å². The second-order valence-electron chi connectivity index (χ2n) is 7.95. The van der Waals surface area contributed by atoms with Crippen molar-refractivity contribution >= 4 is 21.6 Å². The third kappa shape index (κ3) is 5.73. The maximum atomic E-state index is 13.9. The van der Waals surface area contributed by atoms with E-state index in [1.54, 1.807) is 39.2 Å². The van der Waals surface area contributed by atoms with E-state index >= 15 is 0 Å². The Morgan fingerprint density at radius 3 is 2.36 bits per heavy atom. The van der Waals surface area contributed by atoms with Crippen molar-refractivity contribution in [1.29, 1.82) is 0 Å². The van der Waals surface area contributed by atoms with E-state index in [1.165, 1.54) is 0 Å². The molecule has 33 heavy (non-hydrogen) atoms. The van der Waals surface area contributed by atoms with Crippen LogP contribution in [0.15, 0.2) is 57.9 Å². The molecular weight excluding hydrogens is 442 g/mol. The Kier molecular flexibility index (Phi) is 8.12. The number of hydrogen-bond acceptors (Lipinski definition) is 7. The van der Waals surface area contributed by atoms with E-state index in [9.17, 15) is 8.42 Å². The zero-order valence-electron chi connectivity index (χ0n) is 19.7. The molecule has 1 aromatic heterocycles. The van der Waals surface area contributed by atoms with Crippen LogP contribution in [-0.4, -0.2) is 46.7 Å². The molecule has 178 valence electrons. The molecule has 2 aromatic carbocycles. The number of nitrogens with zero attached hydrogens (tertiary/aromatic N) is 2. The number of hydrogen-bond donors (Lipinski definition) is 1. The molecule has 0 unspecified atom stereocenters. The molecule has 0 amide bonds. The molecule has 0 bridgehead atoms. The lowest BCUT2D eigenvalue weighted by atomic mass is 10.1. The van der Waals surface area contributed by atoms with Crippen LogP contribution in [0.1, 0.15) is 25.1 Å². The summed E-state index contributed by atoms with van der Waals surface area (Å²) in [7, 11) is -2.48. The molecular formula is C24H31N3O5S. The highest BCUT2D eigenvalue weighted by atomic mass is 32.2. The van der Waals surface area contributed by atoms with E-state index in [0.717, 1.165) is 15.6 Å². The third-order valence-electron chi connectivity index (χ3n) is 5.11. The number of anilines is 2. The number of rotatable bonds is 11. The standard InChI is InChI=1S/C24H31N3O5S/c1-17(2)25-21-12-10-20(11-13-21)22-8-6-7-9-23(22)33(28,29)27(16-31-15-14-30-5)24-18(3)19(4)26-32-24/h6-13,17,25H,14-16H2,1-5H3. The maximum absolute atomic E-state index is 13.9. The molecule has 0 aliphatic rings. The van der Waals surface area contributed by atoms with Gasteiger partial charge in [0.2, 0.25) is 5.88 Å². The zero-order chi connectivity index (χ0) is 24.0. The molecule has 0 spiro atoms. The average molecular weight is 474 g/mol. The minimum Gasteiger partial charge on any atom is -0.383 e. The van der Waals surface area contributed by atoms with Gasteiger partial charge in [-0.05, 0) is 51.5 Å². The Balaban J connectivity index is 2.02. The number of ether oxygens (including phenoxy) is 2. The van der Waals surface area contributed by atoms with E-state index in [-0.39, 0.29) is 24.1 Å². The van der Waals surface area contributed by atoms with Crippen LogP contribution in [0.2, 0.25) is 0 Å². The topological polar surface area (TPSA) is 93.9 Å². The largest absolute Gasteiger partial charge is 0.383 e. The molecule has 3 rings (SSSR count). The predicted octanol–water partition coefficient (Wildman–Crippen LogP) is 4.59. The van der Waals surface area contributed by atoms with Crippen molar-refractivity contribution in [3.63, 3.8) is 0 Å². The zero-order valence-corrected chi connectivity index (χ0v) is 20.5. The minimum atomic E-state index is -4.04. The summed E-state index contributed by atoms with van der Waals surface area (Å²) in [6.45, 7) is 8.01. The molecule has 0 atom stereocenters. The minimum absolute atomic E-state index is 0.135. The molecule has 0 saturated heterocycles. The van der Waals surface area contributed by atoms with E-state index in [4.69, 9.17) is 14.0 Å². The van der Waals surface area contributed by atoms with E-state index < -0.39 is 10.0 Å². The number of benzene rings is 2. The molecule has 0 radical (unpaired) electrons. The van der Waals surface area contributed by atoms with Gasteiger partial charge in [0, 0.05) is 30.0 Å².